The first-order valence-corrected chi connectivity index (χ1v) is 9.17. The Labute approximate surface area is 157 Å². The standard InChI is InChI=1S/C21H24FN3O2/c1-3-13-24-18-6-4-5-7-19(18)25(21(24)27)14-12-20(26)23(2)15-16-8-10-17(22)11-9-16/h4-11H,3,12-15H2,1-2H3. The van der Waals surface area contributed by atoms with Crippen molar-refractivity contribution in [2.24, 2.45) is 0 Å². The SMILES string of the molecule is CCCn1c(=O)n(CCC(=O)N(C)Cc2ccc(F)cc2)c2ccccc21. The number of hydrogen-bond donors (Lipinski definition) is 0. The highest BCUT2D eigenvalue weighted by atomic mass is 19.1. The van der Waals surface area contributed by atoms with Gasteiger partial charge in [0, 0.05) is 33.1 Å². The number of fused-ring (bicyclic) bond motifs is 1. The van der Waals surface area contributed by atoms with Gasteiger partial charge in [-0.05, 0) is 36.2 Å². The van der Waals surface area contributed by atoms with E-state index in [1.807, 2.05) is 31.2 Å². The molecule has 6 heteroatoms. The third kappa shape index (κ3) is 4.10. The van der Waals surface area contributed by atoms with Gasteiger partial charge in [-0.25, -0.2) is 9.18 Å². The molecule has 0 spiro atoms. The summed E-state index contributed by atoms with van der Waals surface area (Å²) in [5.41, 5.74) is 2.54. The van der Waals surface area contributed by atoms with Gasteiger partial charge in [0.2, 0.25) is 5.91 Å². The van der Waals surface area contributed by atoms with Crippen molar-refractivity contribution in [3.05, 3.63) is 70.4 Å². The van der Waals surface area contributed by atoms with Gasteiger partial charge < -0.3 is 4.90 Å². The van der Waals surface area contributed by atoms with Crippen molar-refractivity contribution >= 4 is 16.9 Å². The van der Waals surface area contributed by atoms with Gasteiger partial charge in [0.15, 0.2) is 0 Å². The predicted octanol–water partition coefficient (Wildman–Crippen LogP) is 3.40. The molecule has 0 aliphatic heterocycles. The van der Waals surface area contributed by atoms with E-state index in [1.165, 1.54) is 12.1 Å². The quantitative estimate of drug-likeness (QED) is 0.641. The average molecular weight is 369 g/mol. The molecule has 0 atom stereocenters. The Morgan fingerprint density at radius 2 is 1.59 bits per heavy atom. The van der Waals surface area contributed by atoms with E-state index >= 15 is 0 Å². The fourth-order valence-corrected chi connectivity index (χ4v) is 3.28. The lowest BCUT2D eigenvalue weighted by Crippen LogP contribution is -2.30. The van der Waals surface area contributed by atoms with Gasteiger partial charge in [-0.2, -0.15) is 0 Å². The molecule has 27 heavy (non-hydrogen) atoms. The van der Waals surface area contributed by atoms with Crippen LogP contribution in [0.2, 0.25) is 0 Å². The minimum Gasteiger partial charge on any atom is -0.341 e. The molecule has 1 heterocycles. The van der Waals surface area contributed by atoms with Crippen molar-refractivity contribution in [2.75, 3.05) is 7.05 Å². The lowest BCUT2D eigenvalue weighted by atomic mass is 10.2. The van der Waals surface area contributed by atoms with Crippen LogP contribution >= 0.6 is 0 Å². The molecular weight excluding hydrogens is 345 g/mol. The predicted molar refractivity (Wildman–Crippen MR) is 104 cm³/mol. The van der Waals surface area contributed by atoms with E-state index in [-0.39, 0.29) is 23.8 Å². The second kappa shape index (κ2) is 8.20. The summed E-state index contributed by atoms with van der Waals surface area (Å²) in [6.45, 7) is 3.44. The van der Waals surface area contributed by atoms with Crippen molar-refractivity contribution < 1.29 is 9.18 Å². The Kier molecular flexibility index (Phi) is 5.74. The van der Waals surface area contributed by atoms with Crippen LogP contribution in [0, 0.1) is 5.82 Å². The molecule has 5 nitrogen and oxygen atoms in total. The van der Waals surface area contributed by atoms with Crippen molar-refractivity contribution in [2.45, 2.75) is 39.4 Å². The van der Waals surface area contributed by atoms with Gasteiger partial charge in [0.25, 0.3) is 0 Å². The normalized spacial score (nSPS) is 11.1. The second-order valence-electron chi connectivity index (χ2n) is 6.70. The topological polar surface area (TPSA) is 47.2 Å². The zero-order valence-corrected chi connectivity index (χ0v) is 15.7. The average Bonchev–Trinajstić information content (AvgIpc) is 2.93. The molecule has 0 N–H and O–H groups in total. The summed E-state index contributed by atoms with van der Waals surface area (Å²) in [6, 6.07) is 13.8. The molecule has 0 saturated heterocycles. The molecule has 0 unspecified atom stereocenters. The Bertz CT molecular complexity index is 989. The van der Waals surface area contributed by atoms with Gasteiger partial charge in [0.05, 0.1) is 11.0 Å². The van der Waals surface area contributed by atoms with Crippen molar-refractivity contribution in [3.63, 3.8) is 0 Å². The zero-order chi connectivity index (χ0) is 19.4. The first kappa shape index (κ1) is 18.9. The van der Waals surface area contributed by atoms with E-state index in [2.05, 4.69) is 0 Å². The molecule has 2 aromatic carbocycles. The number of para-hydroxylation sites is 2. The maximum atomic E-state index is 13.0. The monoisotopic (exact) mass is 369 g/mol. The van der Waals surface area contributed by atoms with Crippen LogP contribution in [0.15, 0.2) is 53.3 Å². The molecule has 0 saturated carbocycles. The highest BCUT2D eigenvalue weighted by molar-refractivity contribution is 5.78. The largest absolute Gasteiger partial charge is 0.341 e. The third-order valence-electron chi connectivity index (χ3n) is 4.68. The van der Waals surface area contributed by atoms with Crippen LogP contribution in [0.1, 0.15) is 25.3 Å². The van der Waals surface area contributed by atoms with E-state index in [9.17, 15) is 14.0 Å². The number of nitrogens with zero attached hydrogens (tertiary/aromatic N) is 3. The van der Waals surface area contributed by atoms with Gasteiger partial charge >= 0.3 is 5.69 Å². The number of halogens is 1. The lowest BCUT2D eigenvalue weighted by molar-refractivity contribution is -0.130. The summed E-state index contributed by atoms with van der Waals surface area (Å²) in [4.78, 5) is 26.8. The van der Waals surface area contributed by atoms with E-state index in [4.69, 9.17) is 0 Å². The maximum absolute atomic E-state index is 13.0. The van der Waals surface area contributed by atoms with Crippen LogP contribution in [0.25, 0.3) is 11.0 Å². The molecule has 0 bridgehead atoms. The van der Waals surface area contributed by atoms with Crippen LogP contribution in [-0.2, 0) is 24.4 Å². The zero-order valence-electron chi connectivity index (χ0n) is 15.7. The summed E-state index contributed by atoms with van der Waals surface area (Å²) in [6.07, 6.45) is 1.10. The number of imidazole rings is 1. The summed E-state index contributed by atoms with van der Waals surface area (Å²) in [5.74, 6) is -0.353. The molecule has 3 rings (SSSR count). The number of carbonyl (C=O) groups excluding carboxylic acids is 1. The van der Waals surface area contributed by atoms with Crippen LogP contribution in [0.3, 0.4) is 0 Å². The van der Waals surface area contributed by atoms with Crippen LogP contribution in [-0.4, -0.2) is 27.0 Å². The first-order chi connectivity index (χ1) is 13.0. The van der Waals surface area contributed by atoms with Gasteiger partial charge in [-0.3, -0.25) is 13.9 Å². The Hall–Kier alpha value is -2.89. The summed E-state index contributed by atoms with van der Waals surface area (Å²) < 4.78 is 16.4. The number of amides is 1. The minimum atomic E-state index is -0.296. The van der Waals surface area contributed by atoms with Crippen LogP contribution in [0.4, 0.5) is 4.39 Å². The number of hydrogen-bond acceptors (Lipinski definition) is 2. The molecule has 1 amide bonds. The molecule has 142 valence electrons. The van der Waals surface area contributed by atoms with Gasteiger partial charge in [-0.1, -0.05) is 31.2 Å². The summed E-state index contributed by atoms with van der Waals surface area (Å²) in [7, 11) is 1.72. The van der Waals surface area contributed by atoms with Crippen LogP contribution < -0.4 is 5.69 Å². The molecule has 0 radical (unpaired) electrons. The molecule has 0 fully saturated rings. The highest BCUT2D eigenvalue weighted by Crippen LogP contribution is 2.14. The fraction of sp³-hybridized carbons (Fsp3) is 0.333. The number of aryl methyl sites for hydroxylation is 2. The van der Waals surface area contributed by atoms with Gasteiger partial charge in [0.1, 0.15) is 5.82 Å². The van der Waals surface area contributed by atoms with E-state index in [1.54, 1.807) is 33.2 Å². The third-order valence-corrected chi connectivity index (χ3v) is 4.68. The number of benzene rings is 2. The second-order valence-corrected chi connectivity index (χ2v) is 6.70. The summed E-state index contributed by atoms with van der Waals surface area (Å²) >= 11 is 0. The molecular formula is C21H24FN3O2. The Morgan fingerprint density at radius 1 is 1.00 bits per heavy atom. The maximum Gasteiger partial charge on any atom is 0.329 e. The van der Waals surface area contributed by atoms with E-state index in [0.717, 1.165) is 23.0 Å². The van der Waals surface area contributed by atoms with Crippen molar-refractivity contribution in [3.8, 4) is 0 Å². The first-order valence-electron chi connectivity index (χ1n) is 9.17. The van der Waals surface area contributed by atoms with E-state index in [0.29, 0.717) is 19.6 Å². The van der Waals surface area contributed by atoms with Crippen molar-refractivity contribution in [1.29, 1.82) is 0 Å². The number of carbonyl (C=O) groups is 1. The summed E-state index contributed by atoms with van der Waals surface area (Å²) in [5, 5.41) is 0. The van der Waals surface area contributed by atoms with Crippen LogP contribution in [0.5, 0.6) is 0 Å². The number of rotatable bonds is 7. The smallest absolute Gasteiger partial charge is 0.329 e. The van der Waals surface area contributed by atoms with E-state index < -0.39 is 0 Å². The molecule has 1 aromatic heterocycles. The minimum absolute atomic E-state index is 0.0569. The van der Waals surface area contributed by atoms with Crippen molar-refractivity contribution in [1.82, 2.24) is 14.0 Å². The Morgan fingerprint density at radius 3 is 2.19 bits per heavy atom. The highest BCUT2D eigenvalue weighted by Gasteiger charge is 2.15. The fourth-order valence-electron chi connectivity index (χ4n) is 3.28. The Balaban J connectivity index is 1.72. The molecule has 0 aliphatic rings. The molecule has 3 aromatic rings. The lowest BCUT2D eigenvalue weighted by Gasteiger charge is -2.17. The molecule has 0 aliphatic carbocycles. The number of aromatic nitrogens is 2. The van der Waals surface area contributed by atoms with Gasteiger partial charge in [-0.15, -0.1) is 0 Å².